The summed E-state index contributed by atoms with van der Waals surface area (Å²) in [5, 5.41) is 3.24. The van der Waals surface area contributed by atoms with Gasteiger partial charge in [0.05, 0.1) is 5.56 Å². The quantitative estimate of drug-likeness (QED) is 0.774. The second-order valence-electron chi connectivity index (χ2n) is 5.35. The van der Waals surface area contributed by atoms with E-state index in [0.717, 1.165) is 17.9 Å². The zero-order valence-corrected chi connectivity index (χ0v) is 11.1. The number of hydrogen-bond donors (Lipinski definition) is 1. The van der Waals surface area contributed by atoms with E-state index in [2.05, 4.69) is 5.32 Å². The molecule has 0 amide bonds. The van der Waals surface area contributed by atoms with E-state index in [1.54, 1.807) is 6.07 Å². The molecule has 0 saturated heterocycles. The minimum absolute atomic E-state index is 0.297. The first kappa shape index (κ1) is 12.9. The van der Waals surface area contributed by atoms with Crippen molar-refractivity contribution in [2.45, 2.75) is 32.9 Å². The third-order valence-corrected chi connectivity index (χ3v) is 2.55. The first-order valence-electron chi connectivity index (χ1n) is 6.15. The molecule has 0 aliphatic carbocycles. The zero-order chi connectivity index (χ0) is 13.2. The Balaban J connectivity index is 2.20. The van der Waals surface area contributed by atoms with Crippen LogP contribution < -0.4 is 10.1 Å². The average Bonchev–Trinajstić information content (AvgIpc) is 2.50. The Morgan fingerprint density at radius 3 is 2.89 bits per heavy atom. The molecule has 0 spiro atoms. The van der Waals surface area contributed by atoms with Gasteiger partial charge >= 0.3 is 5.97 Å². The van der Waals surface area contributed by atoms with Crippen LogP contribution in [0, 0.1) is 0 Å². The lowest BCUT2D eigenvalue weighted by Gasteiger charge is -2.19. The monoisotopic (exact) mass is 249 g/mol. The van der Waals surface area contributed by atoms with Crippen LogP contribution in [0.2, 0.25) is 0 Å². The van der Waals surface area contributed by atoms with Gasteiger partial charge in [-0.15, -0.1) is 0 Å². The Morgan fingerprint density at radius 1 is 1.39 bits per heavy atom. The second kappa shape index (κ2) is 4.98. The number of nitrogens with one attached hydrogen (secondary N) is 1. The Morgan fingerprint density at radius 2 is 2.17 bits per heavy atom. The van der Waals surface area contributed by atoms with Crippen LogP contribution in [0.5, 0.6) is 5.75 Å². The molecule has 0 saturated carbocycles. The van der Waals surface area contributed by atoms with Gasteiger partial charge < -0.3 is 14.8 Å². The van der Waals surface area contributed by atoms with Crippen molar-refractivity contribution >= 4 is 5.97 Å². The summed E-state index contributed by atoms with van der Waals surface area (Å²) in [6.07, 6.45) is 0. The minimum Gasteiger partial charge on any atom is -0.492 e. The van der Waals surface area contributed by atoms with Gasteiger partial charge in [-0.1, -0.05) is 0 Å². The van der Waals surface area contributed by atoms with Crippen molar-refractivity contribution in [2.75, 3.05) is 13.2 Å². The van der Waals surface area contributed by atoms with E-state index in [-0.39, 0.29) is 5.97 Å². The van der Waals surface area contributed by atoms with E-state index in [4.69, 9.17) is 9.47 Å². The summed E-state index contributed by atoms with van der Waals surface area (Å²) in [6.45, 7) is 7.76. The molecule has 0 atom stereocenters. The standard InChI is InChI=1S/C14H19NO3/c1-14(2,3)18-13(16)10-4-5-12-11(8-10)9-15-6-7-17-12/h4-5,8,15H,6-7,9H2,1-3H3. The molecule has 1 N–H and O–H groups in total. The van der Waals surface area contributed by atoms with Gasteiger partial charge in [-0.05, 0) is 39.0 Å². The summed E-state index contributed by atoms with van der Waals surface area (Å²) in [5.74, 6) is 0.543. The third kappa shape index (κ3) is 3.23. The van der Waals surface area contributed by atoms with Gasteiger partial charge in [0.1, 0.15) is 18.0 Å². The normalized spacial score (nSPS) is 15.3. The third-order valence-electron chi connectivity index (χ3n) is 2.55. The lowest BCUT2D eigenvalue weighted by molar-refractivity contribution is 0.00694. The molecular weight excluding hydrogens is 230 g/mol. The van der Waals surface area contributed by atoms with Gasteiger partial charge in [0.2, 0.25) is 0 Å². The summed E-state index contributed by atoms with van der Waals surface area (Å²) in [4.78, 5) is 11.9. The molecule has 1 aromatic carbocycles. The summed E-state index contributed by atoms with van der Waals surface area (Å²) in [6, 6.07) is 5.42. The predicted octanol–water partition coefficient (Wildman–Crippen LogP) is 2.12. The Labute approximate surface area is 107 Å². The van der Waals surface area contributed by atoms with Crippen LogP contribution in [-0.2, 0) is 11.3 Å². The molecule has 1 aliphatic heterocycles. The highest BCUT2D eigenvalue weighted by molar-refractivity contribution is 5.90. The number of ether oxygens (including phenoxy) is 2. The summed E-state index contributed by atoms with van der Waals surface area (Å²) < 4.78 is 10.9. The van der Waals surface area contributed by atoms with Gasteiger partial charge in [-0.2, -0.15) is 0 Å². The molecule has 1 aromatic rings. The van der Waals surface area contributed by atoms with E-state index < -0.39 is 5.60 Å². The number of carbonyl (C=O) groups is 1. The lowest BCUT2D eigenvalue weighted by atomic mass is 10.1. The van der Waals surface area contributed by atoms with Crippen molar-refractivity contribution in [3.8, 4) is 5.75 Å². The maximum absolute atomic E-state index is 11.9. The Bertz CT molecular complexity index is 449. The van der Waals surface area contributed by atoms with E-state index in [9.17, 15) is 4.79 Å². The zero-order valence-electron chi connectivity index (χ0n) is 11.1. The molecule has 1 aliphatic rings. The van der Waals surface area contributed by atoms with Crippen LogP contribution in [0.1, 0.15) is 36.7 Å². The summed E-state index contributed by atoms with van der Waals surface area (Å²) in [7, 11) is 0. The van der Waals surface area contributed by atoms with Crippen molar-refractivity contribution < 1.29 is 14.3 Å². The molecule has 2 rings (SSSR count). The van der Waals surface area contributed by atoms with E-state index in [1.165, 1.54) is 0 Å². The molecule has 0 aromatic heterocycles. The van der Waals surface area contributed by atoms with Crippen molar-refractivity contribution in [3.63, 3.8) is 0 Å². The van der Waals surface area contributed by atoms with Crippen molar-refractivity contribution in [1.82, 2.24) is 5.32 Å². The SMILES string of the molecule is CC(C)(C)OC(=O)c1ccc2c(c1)CNCCO2. The highest BCUT2D eigenvalue weighted by Crippen LogP contribution is 2.23. The molecule has 18 heavy (non-hydrogen) atoms. The molecule has 98 valence electrons. The topological polar surface area (TPSA) is 47.6 Å². The minimum atomic E-state index is -0.474. The van der Waals surface area contributed by atoms with Crippen LogP contribution in [0.3, 0.4) is 0 Å². The number of fused-ring (bicyclic) bond motifs is 1. The van der Waals surface area contributed by atoms with Crippen LogP contribution in [0.4, 0.5) is 0 Å². The predicted molar refractivity (Wildman–Crippen MR) is 68.8 cm³/mol. The number of esters is 1. The highest BCUT2D eigenvalue weighted by Gasteiger charge is 2.19. The maximum atomic E-state index is 11.9. The van der Waals surface area contributed by atoms with Gasteiger partial charge in [0.25, 0.3) is 0 Å². The smallest absolute Gasteiger partial charge is 0.338 e. The fourth-order valence-corrected chi connectivity index (χ4v) is 1.78. The molecule has 4 nitrogen and oxygen atoms in total. The van der Waals surface area contributed by atoms with Crippen LogP contribution in [0.15, 0.2) is 18.2 Å². The fourth-order valence-electron chi connectivity index (χ4n) is 1.78. The van der Waals surface area contributed by atoms with Crippen LogP contribution in [0.25, 0.3) is 0 Å². The average molecular weight is 249 g/mol. The van der Waals surface area contributed by atoms with E-state index in [1.807, 2.05) is 32.9 Å². The van der Waals surface area contributed by atoms with Crippen molar-refractivity contribution in [1.29, 1.82) is 0 Å². The highest BCUT2D eigenvalue weighted by atomic mass is 16.6. The summed E-state index contributed by atoms with van der Waals surface area (Å²) >= 11 is 0. The molecule has 0 unspecified atom stereocenters. The second-order valence-corrected chi connectivity index (χ2v) is 5.35. The molecular formula is C14H19NO3. The molecule has 0 fully saturated rings. The van der Waals surface area contributed by atoms with E-state index >= 15 is 0 Å². The van der Waals surface area contributed by atoms with Gasteiger partial charge in [0.15, 0.2) is 0 Å². The van der Waals surface area contributed by atoms with Crippen molar-refractivity contribution in [3.05, 3.63) is 29.3 Å². The fraction of sp³-hybridized carbons (Fsp3) is 0.500. The van der Waals surface area contributed by atoms with Crippen molar-refractivity contribution in [2.24, 2.45) is 0 Å². The number of hydrogen-bond acceptors (Lipinski definition) is 4. The van der Waals surface area contributed by atoms with Gasteiger partial charge in [-0.25, -0.2) is 4.79 Å². The first-order valence-corrected chi connectivity index (χ1v) is 6.15. The van der Waals surface area contributed by atoms with Gasteiger partial charge in [0, 0.05) is 18.7 Å². The van der Waals surface area contributed by atoms with Crippen LogP contribution >= 0.6 is 0 Å². The molecule has 0 bridgehead atoms. The van der Waals surface area contributed by atoms with Crippen LogP contribution in [-0.4, -0.2) is 24.7 Å². The number of carbonyl (C=O) groups excluding carboxylic acids is 1. The molecule has 0 radical (unpaired) electrons. The molecule has 4 heteroatoms. The number of rotatable bonds is 1. The van der Waals surface area contributed by atoms with E-state index in [0.29, 0.717) is 18.7 Å². The lowest BCUT2D eigenvalue weighted by Crippen LogP contribution is -2.24. The first-order chi connectivity index (χ1) is 8.46. The largest absolute Gasteiger partial charge is 0.492 e. The summed E-state index contributed by atoms with van der Waals surface area (Å²) in [5.41, 5.74) is 1.09. The number of benzene rings is 1. The maximum Gasteiger partial charge on any atom is 0.338 e. The molecule has 1 heterocycles. The van der Waals surface area contributed by atoms with Gasteiger partial charge in [-0.3, -0.25) is 0 Å². The Kier molecular flexibility index (Phi) is 3.57. The Hall–Kier alpha value is -1.55.